The van der Waals surface area contributed by atoms with Crippen molar-refractivity contribution in [2.45, 2.75) is 26.2 Å². The van der Waals surface area contributed by atoms with Crippen LogP contribution in [0.5, 0.6) is 0 Å². The van der Waals surface area contributed by atoms with E-state index in [9.17, 15) is 10.1 Å². The summed E-state index contributed by atoms with van der Waals surface area (Å²) in [6.07, 6.45) is 3.01. The number of nitrogens with one attached hydrogen (secondary N) is 1. The lowest BCUT2D eigenvalue weighted by molar-refractivity contribution is 0.102. The zero-order chi connectivity index (χ0) is 16.4. The summed E-state index contributed by atoms with van der Waals surface area (Å²) < 4.78 is 0. The van der Waals surface area contributed by atoms with Gasteiger partial charge in [-0.15, -0.1) is 11.3 Å². The van der Waals surface area contributed by atoms with Gasteiger partial charge in [-0.2, -0.15) is 10.5 Å². The molecule has 1 aromatic heterocycles. The normalized spacial score (nSPS) is 16.0. The molecule has 0 unspecified atom stereocenters. The molecule has 1 aromatic carbocycles. The lowest BCUT2D eigenvalue weighted by Gasteiger charge is -2.17. The zero-order valence-corrected chi connectivity index (χ0v) is 13.5. The molecule has 0 aliphatic heterocycles. The molecule has 1 atom stereocenters. The van der Waals surface area contributed by atoms with Gasteiger partial charge in [-0.25, -0.2) is 0 Å². The molecule has 5 heteroatoms. The molecule has 1 N–H and O–H groups in total. The first kappa shape index (κ1) is 15.3. The van der Waals surface area contributed by atoms with Crippen LogP contribution < -0.4 is 5.32 Å². The van der Waals surface area contributed by atoms with E-state index >= 15 is 0 Å². The Labute approximate surface area is 139 Å². The van der Waals surface area contributed by atoms with Gasteiger partial charge in [0.1, 0.15) is 11.1 Å². The summed E-state index contributed by atoms with van der Waals surface area (Å²) in [5, 5.41) is 21.8. The molecule has 0 fully saturated rings. The first-order valence-electron chi connectivity index (χ1n) is 7.48. The third-order valence-corrected chi connectivity index (χ3v) is 5.33. The van der Waals surface area contributed by atoms with Gasteiger partial charge in [-0.3, -0.25) is 4.79 Å². The monoisotopic (exact) mass is 321 g/mol. The number of aryl methyl sites for hydroxylation is 1. The fraction of sp³-hybridized carbons (Fsp3) is 0.278. The highest BCUT2D eigenvalue weighted by Crippen LogP contribution is 2.39. The van der Waals surface area contributed by atoms with E-state index in [0.29, 0.717) is 27.6 Å². The minimum absolute atomic E-state index is 0.252. The molecule has 1 amide bonds. The second-order valence-electron chi connectivity index (χ2n) is 5.81. The topological polar surface area (TPSA) is 76.7 Å². The third kappa shape index (κ3) is 2.97. The maximum Gasteiger partial charge on any atom is 0.256 e. The van der Waals surface area contributed by atoms with Gasteiger partial charge in [-0.05, 0) is 55.0 Å². The van der Waals surface area contributed by atoms with Gasteiger partial charge < -0.3 is 5.32 Å². The van der Waals surface area contributed by atoms with Crippen LogP contribution in [0.3, 0.4) is 0 Å². The molecule has 114 valence electrons. The van der Waals surface area contributed by atoms with Crippen molar-refractivity contribution in [1.82, 2.24) is 0 Å². The van der Waals surface area contributed by atoms with E-state index < -0.39 is 0 Å². The van der Waals surface area contributed by atoms with Crippen LogP contribution in [0.1, 0.15) is 45.3 Å². The van der Waals surface area contributed by atoms with Crippen LogP contribution in [0, 0.1) is 28.6 Å². The predicted octanol–water partition coefficient (Wildman–Crippen LogP) is 3.87. The van der Waals surface area contributed by atoms with E-state index in [1.54, 1.807) is 24.3 Å². The second kappa shape index (κ2) is 6.24. The van der Waals surface area contributed by atoms with Crippen LogP contribution in [0.15, 0.2) is 24.3 Å². The van der Waals surface area contributed by atoms with E-state index in [-0.39, 0.29) is 5.91 Å². The summed E-state index contributed by atoms with van der Waals surface area (Å²) in [6, 6.07) is 10.7. The number of nitriles is 2. The molecule has 0 radical (unpaired) electrons. The summed E-state index contributed by atoms with van der Waals surface area (Å²) in [5.74, 6) is 0.323. The number of carbonyl (C=O) groups excluding carboxylic acids is 1. The van der Waals surface area contributed by atoms with Gasteiger partial charge in [0.15, 0.2) is 0 Å². The maximum atomic E-state index is 12.4. The molecule has 0 saturated carbocycles. The Kier molecular flexibility index (Phi) is 4.14. The zero-order valence-electron chi connectivity index (χ0n) is 12.7. The van der Waals surface area contributed by atoms with Crippen LogP contribution in [-0.4, -0.2) is 5.91 Å². The molecule has 1 aliphatic carbocycles. The summed E-state index contributed by atoms with van der Waals surface area (Å²) in [4.78, 5) is 13.6. The number of anilines is 1. The number of thiophene rings is 1. The van der Waals surface area contributed by atoms with Crippen molar-refractivity contribution >= 4 is 22.2 Å². The highest BCUT2D eigenvalue weighted by Gasteiger charge is 2.24. The Bertz CT molecular complexity index is 837. The molecule has 2 aromatic rings. The molecule has 3 rings (SSSR count). The molecule has 1 heterocycles. The predicted molar refractivity (Wildman–Crippen MR) is 89.3 cm³/mol. The highest BCUT2D eigenvalue weighted by molar-refractivity contribution is 7.16. The Balaban J connectivity index is 1.86. The van der Waals surface area contributed by atoms with Crippen LogP contribution in [-0.2, 0) is 12.8 Å². The number of hydrogen-bond donors (Lipinski definition) is 1. The van der Waals surface area contributed by atoms with Crippen molar-refractivity contribution in [2.75, 3.05) is 5.32 Å². The average molecular weight is 321 g/mol. The number of rotatable bonds is 2. The highest BCUT2D eigenvalue weighted by atomic mass is 32.1. The lowest BCUT2D eigenvalue weighted by atomic mass is 9.88. The van der Waals surface area contributed by atoms with Gasteiger partial charge in [0.25, 0.3) is 5.91 Å². The number of nitrogens with zero attached hydrogens (tertiary/aromatic N) is 2. The van der Waals surface area contributed by atoms with Crippen LogP contribution >= 0.6 is 11.3 Å². The van der Waals surface area contributed by atoms with Gasteiger partial charge in [0.2, 0.25) is 0 Å². The fourth-order valence-corrected chi connectivity index (χ4v) is 4.03. The molecule has 4 nitrogen and oxygen atoms in total. The molecule has 0 spiro atoms. The van der Waals surface area contributed by atoms with Gasteiger partial charge >= 0.3 is 0 Å². The van der Waals surface area contributed by atoms with Gasteiger partial charge in [-0.1, -0.05) is 6.92 Å². The Morgan fingerprint density at radius 2 is 2.00 bits per heavy atom. The molecule has 1 aliphatic rings. The fourth-order valence-electron chi connectivity index (χ4n) is 2.84. The van der Waals surface area contributed by atoms with E-state index in [1.807, 2.05) is 6.07 Å². The molecule has 23 heavy (non-hydrogen) atoms. The third-order valence-electron chi connectivity index (χ3n) is 4.12. The summed E-state index contributed by atoms with van der Waals surface area (Å²) >= 11 is 1.51. The van der Waals surface area contributed by atoms with Gasteiger partial charge in [0, 0.05) is 10.4 Å². The lowest BCUT2D eigenvalue weighted by Crippen LogP contribution is -2.12. The first-order valence-corrected chi connectivity index (χ1v) is 8.30. The van der Waals surface area contributed by atoms with Crippen molar-refractivity contribution in [3.05, 3.63) is 51.4 Å². The van der Waals surface area contributed by atoms with Crippen molar-refractivity contribution in [2.24, 2.45) is 5.92 Å². The molecular formula is C18H15N3OS. The van der Waals surface area contributed by atoms with Gasteiger partial charge in [0.05, 0.1) is 17.2 Å². The minimum atomic E-state index is -0.252. The molecule has 0 bridgehead atoms. The van der Waals surface area contributed by atoms with E-state index in [1.165, 1.54) is 16.2 Å². The Morgan fingerprint density at radius 3 is 2.65 bits per heavy atom. The average Bonchev–Trinajstić information content (AvgIpc) is 2.91. The summed E-state index contributed by atoms with van der Waals surface area (Å²) in [5.41, 5.74) is 2.71. The summed E-state index contributed by atoms with van der Waals surface area (Å²) in [7, 11) is 0. The largest absolute Gasteiger partial charge is 0.312 e. The summed E-state index contributed by atoms with van der Waals surface area (Å²) in [6.45, 7) is 2.19. The smallest absolute Gasteiger partial charge is 0.256 e. The number of hydrogen-bond acceptors (Lipinski definition) is 4. The Morgan fingerprint density at radius 1 is 1.26 bits per heavy atom. The number of fused-ring (bicyclic) bond motifs is 1. The number of benzene rings is 1. The van der Waals surface area contributed by atoms with E-state index in [2.05, 4.69) is 18.3 Å². The van der Waals surface area contributed by atoms with E-state index in [4.69, 9.17) is 5.26 Å². The quantitative estimate of drug-likeness (QED) is 0.912. The SMILES string of the molecule is C[C@H]1CCc2sc(NC(=O)c3ccc(C#N)cc3)c(C#N)c2C1. The van der Waals surface area contributed by atoms with Crippen LogP contribution in [0.25, 0.3) is 0 Å². The van der Waals surface area contributed by atoms with Crippen molar-refractivity contribution < 1.29 is 4.79 Å². The van der Waals surface area contributed by atoms with Crippen molar-refractivity contribution in [1.29, 1.82) is 10.5 Å². The van der Waals surface area contributed by atoms with Crippen LogP contribution in [0.4, 0.5) is 5.00 Å². The van der Waals surface area contributed by atoms with Crippen LogP contribution in [0.2, 0.25) is 0 Å². The Hall–Kier alpha value is -2.63. The maximum absolute atomic E-state index is 12.4. The van der Waals surface area contributed by atoms with E-state index in [0.717, 1.165) is 24.8 Å². The second-order valence-corrected chi connectivity index (χ2v) is 6.92. The van der Waals surface area contributed by atoms with Crippen molar-refractivity contribution in [3.8, 4) is 12.1 Å². The minimum Gasteiger partial charge on any atom is -0.312 e. The molecular weight excluding hydrogens is 306 g/mol. The molecule has 0 saturated heterocycles. The standard InChI is InChI=1S/C18H15N3OS/c1-11-2-7-16-14(8-11)15(10-20)18(23-16)21-17(22)13-5-3-12(9-19)4-6-13/h3-6,11H,2,7-8H2,1H3,(H,21,22)/t11-/m0/s1. The number of carbonyl (C=O) groups is 1. The number of amides is 1. The van der Waals surface area contributed by atoms with Crippen molar-refractivity contribution in [3.63, 3.8) is 0 Å². The first-order chi connectivity index (χ1) is 11.1.